The summed E-state index contributed by atoms with van der Waals surface area (Å²) in [4.78, 5) is 16.7. The summed E-state index contributed by atoms with van der Waals surface area (Å²) in [5.74, 6) is 0. The Bertz CT molecular complexity index is 479. The summed E-state index contributed by atoms with van der Waals surface area (Å²) in [6, 6.07) is 11.7. The van der Waals surface area contributed by atoms with E-state index in [9.17, 15) is 4.79 Å². The lowest BCUT2D eigenvalue weighted by atomic mass is 10.2. The average Bonchev–Trinajstić information content (AvgIpc) is 2.38. The van der Waals surface area contributed by atoms with E-state index in [0.717, 1.165) is 17.7 Å². The van der Waals surface area contributed by atoms with Gasteiger partial charge < -0.3 is 4.90 Å². The van der Waals surface area contributed by atoms with Gasteiger partial charge in [0.1, 0.15) is 0 Å². The fourth-order valence-electron chi connectivity index (χ4n) is 1.61. The number of anilines is 1. The van der Waals surface area contributed by atoms with Gasteiger partial charge in [0.05, 0.1) is 6.54 Å². The fraction of sp³-hybridized carbons (Fsp3) is 0.143. The van der Waals surface area contributed by atoms with Crippen molar-refractivity contribution in [3.05, 3.63) is 59.9 Å². The number of aryl methyl sites for hydroxylation is 1. The molecule has 0 saturated heterocycles. The standard InChI is InChI=1S/C14H14N2O/c1-12-2-4-14(5-3-12)16(11-17)10-13-6-8-15-9-7-13/h2-9,11H,10H2,1H3. The van der Waals surface area contributed by atoms with Crippen molar-refractivity contribution in [2.45, 2.75) is 13.5 Å². The monoisotopic (exact) mass is 226 g/mol. The van der Waals surface area contributed by atoms with Gasteiger partial charge in [-0.2, -0.15) is 0 Å². The lowest BCUT2D eigenvalue weighted by Crippen LogP contribution is -2.20. The third kappa shape index (κ3) is 2.91. The third-order valence-electron chi connectivity index (χ3n) is 2.60. The van der Waals surface area contributed by atoms with Crippen molar-refractivity contribution in [1.82, 2.24) is 4.98 Å². The van der Waals surface area contributed by atoms with E-state index < -0.39 is 0 Å². The van der Waals surface area contributed by atoms with E-state index in [1.165, 1.54) is 5.56 Å². The summed E-state index contributed by atoms with van der Waals surface area (Å²) in [7, 11) is 0. The summed E-state index contributed by atoms with van der Waals surface area (Å²) < 4.78 is 0. The maximum Gasteiger partial charge on any atom is 0.214 e. The number of hydrogen-bond acceptors (Lipinski definition) is 2. The average molecular weight is 226 g/mol. The lowest BCUT2D eigenvalue weighted by molar-refractivity contribution is -0.107. The van der Waals surface area contributed by atoms with E-state index >= 15 is 0 Å². The van der Waals surface area contributed by atoms with Gasteiger partial charge in [-0.25, -0.2) is 0 Å². The molecule has 0 fully saturated rings. The molecule has 0 radical (unpaired) electrons. The first-order valence-electron chi connectivity index (χ1n) is 5.47. The molecule has 0 aliphatic carbocycles. The van der Waals surface area contributed by atoms with E-state index in [2.05, 4.69) is 4.98 Å². The zero-order valence-electron chi connectivity index (χ0n) is 9.71. The zero-order valence-corrected chi connectivity index (χ0v) is 9.71. The van der Waals surface area contributed by atoms with E-state index in [4.69, 9.17) is 0 Å². The molecule has 17 heavy (non-hydrogen) atoms. The summed E-state index contributed by atoms with van der Waals surface area (Å²) in [6.07, 6.45) is 4.31. The Hall–Kier alpha value is -2.16. The fourth-order valence-corrected chi connectivity index (χ4v) is 1.61. The predicted molar refractivity (Wildman–Crippen MR) is 67.7 cm³/mol. The molecule has 0 saturated carbocycles. The van der Waals surface area contributed by atoms with Gasteiger partial charge in [-0.15, -0.1) is 0 Å². The second-order valence-corrected chi connectivity index (χ2v) is 3.92. The van der Waals surface area contributed by atoms with Crippen LogP contribution in [0.25, 0.3) is 0 Å². The maximum absolute atomic E-state index is 11.1. The smallest absolute Gasteiger partial charge is 0.214 e. The zero-order chi connectivity index (χ0) is 12.1. The lowest BCUT2D eigenvalue weighted by Gasteiger charge is -2.17. The Morgan fingerprint density at radius 1 is 1.12 bits per heavy atom. The second kappa shape index (κ2) is 5.25. The number of nitrogens with zero attached hydrogens (tertiary/aromatic N) is 2. The summed E-state index contributed by atoms with van der Waals surface area (Å²) >= 11 is 0. The molecule has 1 amide bonds. The van der Waals surface area contributed by atoms with E-state index in [0.29, 0.717) is 6.54 Å². The number of pyridine rings is 1. The molecule has 0 aliphatic rings. The molecular formula is C14H14N2O. The molecule has 1 heterocycles. The summed E-state index contributed by atoms with van der Waals surface area (Å²) in [5.41, 5.74) is 3.15. The molecule has 0 N–H and O–H groups in total. The predicted octanol–water partition coefficient (Wildman–Crippen LogP) is 2.55. The minimum Gasteiger partial charge on any atom is -0.311 e. The molecule has 1 aromatic carbocycles. The Morgan fingerprint density at radius 2 is 1.76 bits per heavy atom. The number of rotatable bonds is 4. The largest absolute Gasteiger partial charge is 0.311 e. The quantitative estimate of drug-likeness (QED) is 0.751. The van der Waals surface area contributed by atoms with Crippen LogP contribution in [0.5, 0.6) is 0 Å². The van der Waals surface area contributed by atoms with Crippen LogP contribution in [-0.4, -0.2) is 11.4 Å². The minimum atomic E-state index is 0.565. The van der Waals surface area contributed by atoms with Crippen molar-refractivity contribution in [2.75, 3.05) is 4.90 Å². The molecule has 0 aliphatic heterocycles. The van der Waals surface area contributed by atoms with Crippen molar-refractivity contribution in [2.24, 2.45) is 0 Å². The number of aromatic nitrogens is 1. The molecule has 0 unspecified atom stereocenters. The normalized spacial score (nSPS) is 9.94. The third-order valence-corrected chi connectivity index (χ3v) is 2.60. The first-order chi connectivity index (χ1) is 8.29. The number of carbonyl (C=O) groups excluding carboxylic acids is 1. The second-order valence-electron chi connectivity index (χ2n) is 3.92. The Morgan fingerprint density at radius 3 is 2.35 bits per heavy atom. The first kappa shape index (κ1) is 11.3. The molecule has 2 aromatic rings. The molecule has 0 atom stereocenters. The molecular weight excluding hydrogens is 212 g/mol. The Labute approximate surface area is 101 Å². The molecule has 1 aromatic heterocycles. The van der Waals surface area contributed by atoms with Crippen molar-refractivity contribution >= 4 is 12.1 Å². The minimum absolute atomic E-state index is 0.565. The molecule has 86 valence electrons. The number of hydrogen-bond donors (Lipinski definition) is 0. The molecule has 3 nitrogen and oxygen atoms in total. The topological polar surface area (TPSA) is 33.2 Å². The van der Waals surface area contributed by atoms with Crippen LogP contribution in [0.1, 0.15) is 11.1 Å². The van der Waals surface area contributed by atoms with E-state index in [1.54, 1.807) is 17.3 Å². The van der Waals surface area contributed by atoms with Gasteiger partial charge in [0.25, 0.3) is 0 Å². The van der Waals surface area contributed by atoms with Gasteiger partial charge >= 0.3 is 0 Å². The summed E-state index contributed by atoms with van der Waals surface area (Å²) in [5, 5.41) is 0. The van der Waals surface area contributed by atoms with Crippen molar-refractivity contribution < 1.29 is 4.79 Å². The highest BCUT2D eigenvalue weighted by molar-refractivity contribution is 5.75. The molecule has 0 spiro atoms. The van der Waals surface area contributed by atoms with Gasteiger partial charge in [-0.1, -0.05) is 17.7 Å². The Balaban J connectivity index is 2.17. The SMILES string of the molecule is Cc1ccc(N(C=O)Cc2ccncc2)cc1. The van der Waals surface area contributed by atoms with Gasteiger partial charge in [-0.3, -0.25) is 9.78 Å². The van der Waals surface area contributed by atoms with Gasteiger partial charge in [-0.05, 0) is 36.8 Å². The van der Waals surface area contributed by atoms with Crippen LogP contribution in [0.4, 0.5) is 5.69 Å². The van der Waals surface area contributed by atoms with Gasteiger partial charge in [0.15, 0.2) is 0 Å². The highest BCUT2D eigenvalue weighted by atomic mass is 16.1. The Kier molecular flexibility index (Phi) is 3.50. The molecule has 0 bridgehead atoms. The van der Waals surface area contributed by atoms with Crippen molar-refractivity contribution in [3.8, 4) is 0 Å². The van der Waals surface area contributed by atoms with Crippen LogP contribution in [0.3, 0.4) is 0 Å². The number of amides is 1. The van der Waals surface area contributed by atoms with Crippen LogP contribution >= 0.6 is 0 Å². The van der Waals surface area contributed by atoms with E-state index in [1.807, 2.05) is 43.3 Å². The number of carbonyl (C=O) groups is 1. The van der Waals surface area contributed by atoms with Gasteiger partial charge in [0.2, 0.25) is 6.41 Å². The van der Waals surface area contributed by atoms with Crippen LogP contribution < -0.4 is 4.90 Å². The van der Waals surface area contributed by atoms with E-state index in [-0.39, 0.29) is 0 Å². The summed E-state index contributed by atoms with van der Waals surface area (Å²) in [6.45, 7) is 2.59. The molecule has 2 rings (SSSR count). The first-order valence-corrected chi connectivity index (χ1v) is 5.47. The molecule has 3 heteroatoms. The van der Waals surface area contributed by atoms with Crippen molar-refractivity contribution in [1.29, 1.82) is 0 Å². The van der Waals surface area contributed by atoms with Crippen LogP contribution in [-0.2, 0) is 11.3 Å². The van der Waals surface area contributed by atoms with Crippen LogP contribution in [0, 0.1) is 6.92 Å². The maximum atomic E-state index is 11.1. The highest BCUT2D eigenvalue weighted by Crippen LogP contribution is 2.16. The highest BCUT2D eigenvalue weighted by Gasteiger charge is 2.05. The number of benzene rings is 1. The van der Waals surface area contributed by atoms with Crippen molar-refractivity contribution in [3.63, 3.8) is 0 Å². The van der Waals surface area contributed by atoms with Gasteiger partial charge in [0, 0.05) is 18.1 Å². The van der Waals surface area contributed by atoms with Crippen LogP contribution in [0.15, 0.2) is 48.8 Å². The van der Waals surface area contributed by atoms with Crippen LogP contribution in [0.2, 0.25) is 0 Å².